The van der Waals surface area contributed by atoms with Gasteiger partial charge in [-0.15, -0.1) is 0 Å². The second-order valence-electron chi connectivity index (χ2n) is 7.30. The van der Waals surface area contributed by atoms with Crippen LogP contribution in [0, 0.1) is 5.92 Å². The molecule has 29 heavy (non-hydrogen) atoms. The van der Waals surface area contributed by atoms with Gasteiger partial charge in [0.05, 0.1) is 16.1 Å². The lowest BCUT2D eigenvalue weighted by atomic mass is 9.72. The zero-order valence-corrected chi connectivity index (χ0v) is 17.5. The lowest BCUT2D eigenvalue weighted by Gasteiger charge is -2.38. The van der Waals surface area contributed by atoms with Crippen LogP contribution in [0.5, 0.6) is 0 Å². The van der Waals surface area contributed by atoms with Gasteiger partial charge in [-0.05, 0) is 68.2 Å². The zero-order chi connectivity index (χ0) is 21.8. The summed E-state index contributed by atoms with van der Waals surface area (Å²) < 4.78 is 38.7. The van der Waals surface area contributed by atoms with Crippen LogP contribution >= 0.6 is 23.4 Å². The summed E-state index contributed by atoms with van der Waals surface area (Å²) in [5, 5.41) is 12.2. The molecule has 1 unspecified atom stereocenters. The Bertz CT molecular complexity index is 755. The third kappa shape index (κ3) is 5.79. The number of carboxylic acid groups (broad SMARTS) is 1. The van der Waals surface area contributed by atoms with Crippen LogP contribution in [0.15, 0.2) is 18.2 Å². The number of rotatable bonds is 7. The molecule has 2 rings (SSSR count). The number of nitrogens with one attached hydrogen (secondary N) is 1. The summed E-state index contributed by atoms with van der Waals surface area (Å²) in [7, 11) is 0. The highest BCUT2D eigenvalue weighted by molar-refractivity contribution is 7.98. The molecule has 0 heterocycles. The standard InChI is InChI=1S/C19H24ClF3N2O3S/c1-29-9-8-18(24,17(27)28)11-2-5-13(6-3-11)25-16(26)14-10-12(19(21,22)23)4-7-15(14)20/h4,7,10-11,13H,2-3,5-6,8-9,24H2,1H3,(H,25,26)(H,27,28). The highest BCUT2D eigenvalue weighted by atomic mass is 35.5. The van der Waals surface area contributed by atoms with Gasteiger partial charge in [-0.25, -0.2) is 0 Å². The SMILES string of the molecule is CSCCC(N)(C(=O)O)C1CCC(NC(=O)c2cc(C(F)(F)F)ccc2Cl)CC1. The van der Waals surface area contributed by atoms with E-state index in [4.69, 9.17) is 17.3 Å². The van der Waals surface area contributed by atoms with Gasteiger partial charge in [0.15, 0.2) is 0 Å². The molecule has 0 aliphatic heterocycles. The van der Waals surface area contributed by atoms with Crippen molar-refractivity contribution in [2.75, 3.05) is 12.0 Å². The molecule has 0 aromatic heterocycles. The van der Waals surface area contributed by atoms with Crippen molar-refractivity contribution in [1.29, 1.82) is 0 Å². The number of aliphatic carboxylic acids is 1. The van der Waals surface area contributed by atoms with Crippen LogP contribution in [-0.4, -0.2) is 40.6 Å². The summed E-state index contributed by atoms with van der Waals surface area (Å²) in [5.74, 6) is -1.30. The van der Waals surface area contributed by atoms with Gasteiger partial charge in [-0.3, -0.25) is 9.59 Å². The molecular weight excluding hydrogens is 429 g/mol. The van der Waals surface area contributed by atoms with E-state index in [2.05, 4.69) is 5.32 Å². The molecule has 1 amide bonds. The summed E-state index contributed by atoms with van der Waals surface area (Å²) in [4.78, 5) is 24.2. The minimum atomic E-state index is -4.57. The molecular formula is C19H24ClF3N2O3S. The van der Waals surface area contributed by atoms with Crippen molar-refractivity contribution in [1.82, 2.24) is 5.32 Å². The number of carbonyl (C=O) groups excluding carboxylic acids is 1. The molecule has 1 aromatic carbocycles. The molecule has 5 nitrogen and oxygen atoms in total. The molecule has 0 radical (unpaired) electrons. The molecule has 162 valence electrons. The molecule has 4 N–H and O–H groups in total. The molecule has 1 saturated carbocycles. The first-order valence-electron chi connectivity index (χ1n) is 9.18. The van der Waals surface area contributed by atoms with Gasteiger partial charge >= 0.3 is 12.1 Å². The Morgan fingerprint density at radius 3 is 2.41 bits per heavy atom. The number of nitrogens with two attached hydrogens (primary N) is 1. The fourth-order valence-corrected chi connectivity index (χ4v) is 4.39. The van der Waals surface area contributed by atoms with E-state index in [0.29, 0.717) is 37.9 Å². The Balaban J connectivity index is 2.02. The van der Waals surface area contributed by atoms with Crippen LogP contribution in [0.25, 0.3) is 0 Å². The first-order valence-corrected chi connectivity index (χ1v) is 10.9. The van der Waals surface area contributed by atoms with Crippen LogP contribution in [0.2, 0.25) is 5.02 Å². The van der Waals surface area contributed by atoms with Crippen molar-refractivity contribution >= 4 is 35.2 Å². The number of amides is 1. The van der Waals surface area contributed by atoms with Crippen molar-refractivity contribution in [2.45, 2.75) is 49.9 Å². The Kier molecular flexibility index (Phi) is 7.86. The van der Waals surface area contributed by atoms with E-state index in [1.807, 2.05) is 6.26 Å². The number of halogens is 4. The van der Waals surface area contributed by atoms with E-state index < -0.39 is 29.2 Å². The molecule has 1 atom stereocenters. The Morgan fingerprint density at radius 1 is 1.28 bits per heavy atom. The molecule has 10 heteroatoms. The number of hydrogen-bond acceptors (Lipinski definition) is 4. The number of carboxylic acids is 1. The summed E-state index contributed by atoms with van der Waals surface area (Å²) >= 11 is 7.44. The highest BCUT2D eigenvalue weighted by Crippen LogP contribution is 2.35. The van der Waals surface area contributed by atoms with Crippen molar-refractivity contribution in [3.05, 3.63) is 34.3 Å². The van der Waals surface area contributed by atoms with Gasteiger partial charge in [0, 0.05) is 6.04 Å². The van der Waals surface area contributed by atoms with E-state index in [1.165, 1.54) is 11.8 Å². The van der Waals surface area contributed by atoms with Crippen LogP contribution in [0.3, 0.4) is 0 Å². The van der Waals surface area contributed by atoms with Crippen molar-refractivity contribution in [2.24, 2.45) is 11.7 Å². The molecule has 0 saturated heterocycles. The van der Waals surface area contributed by atoms with Gasteiger partial charge < -0.3 is 16.2 Å². The average molecular weight is 453 g/mol. The van der Waals surface area contributed by atoms with Crippen LogP contribution in [0.4, 0.5) is 13.2 Å². The number of hydrogen-bond donors (Lipinski definition) is 3. The predicted molar refractivity (Wildman–Crippen MR) is 107 cm³/mol. The normalized spacial score (nSPS) is 22.0. The average Bonchev–Trinajstić information content (AvgIpc) is 2.65. The summed E-state index contributed by atoms with van der Waals surface area (Å²) in [6, 6.07) is 2.34. The largest absolute Gasteiger partial charge is 0.480 e. The third-order valence-corrected chi connectivity index (χ3v) is 6.39. The zero-order valence-electron chi connectivity index (χ0n) is 15.9. The minimum absolute atomic E-state index is 0.0619. The second kappa shape index (κ2) is 9.57. The number of benzene rings is 1. The lowest BCUT2D eigenvalue weighted by Crippen LogP contribution is -2.56. The Labute approximate surface area is 176 Å². The lowest BCUT2D eigenvalue weighted by molar-refractivity contribution is -0.146. The molecule has 0 bridgehead atoms. The van der Waals surface area contributed by atoms with Crippen LogP contribution < -0.4 is 11.1 Å². The van der Waals surface area contributed by atoms with Gasteiger partial charge in [0.2, 0.25) is 0 Å². The minimum Gasteiger partial charge on any atom is -0.480 e. The van der Waals surface area contributed by atoms with E-state index in [9.17, 15) is 27.9 Å². The van der Waals surface area contributed by atoms with Gasteiger partial charge in [0.1, 0.15) is 5.54 Å². The summed E-state index contributed by atoms with van der Waals surface area (Å²) in [6.45, 7) is 0. The number of alkyl halides is 3. The number of thioether (sulfide) groups is 1. The van der Waals surface area contributed by atoms with E-state index in [0.717, 1.165) is 18.2 Å². The Hall–Kier alpha value is -1.45. The van der Waals surface area contributed by atoms with E-state index >= 15 is 0 Å². The monoisotopic (exact) mass is 452 g/mol. The maximum absolute atomic E-state index is 12.9. The fourth-order valence-electron chi connectivity index (χ4n) is 3.65. The van der Waals surface area contributed by atoms with E-state index in [1.54, 1.807) is 0 Å². The van der Waals surface area contributed by atoms with Crippen LogP contribution in [0.1, 0.15) is 48.0 Å². The topological polar surface area (TPSA) is 92.4 Å². The maximum atomic E-state index is 12.9. The van der Waals surface area contributed by atoms with Gasteiger partial charge in [-0.1, -0.05) is 11.6 Å². The van der Waals surface area contributed by atoms with Crippen LogP contribution in [-0.2, 0) is 11.0 Å². The van der Waals surface area contributed by atoms with Crippen molar-refractivity contribution in [3.8, 4) is 0 Å². The highest BCUT2D eigenvalue weighted by Gasteiger charge is 2.43. The van der Waals surface area contributed by atoms with Gasteiger partial charge in [-0.2, -0.15) is 24.9 Å². The summed E-state index contributed by atoms with van der Waals surface area (Å²) in [6.07, 6.45) is -0.317. The molecule has 1 fully saturated rings. The quantitative estimate of drug-likeness (QED) is 0.577. The first kappa shape index (κ1) is 23.8. The van der Waals surface area contributed by atoms with Crippen molar-refractivity contribution in [3.63, 3.8) is 0 Å². The summed E-state index contributed by atoms with van der Waals surface area (Å²) in [5.41, 5.74) is 3.70. The molecule has 0 spiro atoms. The van der Waals surface area contributed by atoms with Gasteiger partial charge in [0.25, 0.3) is 5.91 Å². The smallest absolute Gasteiger partial charge is 0.416 e. The maximum Gasteiger partial charge on any atom is 0.416 e. The van der Waals surface area contributed by atoms with E-state index in [-0.39, 0.29) is 22.5 Å². The molecule has 1 aliphatic carbocycles. The first-order chi connectivity index (χ1) is 13.5. The number of carbonyl (C=O) groups is 2. The second-order valence-corrected chi connectivity index (χ2v) is 8.70. The fraction of sp³-hybridized carbons (Fsp3) is 0.579. The molecule has 1 aromatic rings. The Morgan fingerprint density at radius 2 is 1.90 bits per heavy atom. The third-order valence-electron chi connectivity index (χ3n) is 5.45. The predicted octanol–water partition coefficient (Wildman–Crippen LogP) is 4.18. The molecule has 1 aliphatic rings. The van der Waals surface area contributed by atoms with Crippen molar-refractivity contribution < 1.29 is 27.9 Å².